The van der Waals surface area contributed by atoms with E-state index in [0.717, 1.165) is 6.42 Å². The molecule has 128 valence electrons. The van der Waals surface area contributed by atoms with E-state index in [-0.39, 0.29) is 11.5 Å². The summed E-state index contributed by atoms with van der Waals surface area (Å²) in [6.07, 6.45) is 4.29. The summed E-state index contributed by atoms with van der Waals surface area (Å²) in [5.74, 6) is 0.256. The van der Waals surface area contributed by atoms with E-state index in [1.807, 2.05) is 11.1 Å². The van der Waals surface area contributed by atoms with E-state index >= 15 is 0 Å². The molecule has 4 rings (SSSR count). The number of aromatic nitrogens is 4. The highest BCUT2D eigenvalue weighted by molar-refractivity contribution is 5.96. The number of nitrogens with one attached hydrogen (secondary N) is 1. The molecule has 0 atom stereocenters. The summed E-state index contributed by atoms with van der Waals surface area (Å²) in [5, 5.41) is 4.25. The Morgan fingerprint density at radius 3 is 2.96 bits per heavy atom. The fourth-order valence-corrected chi connectivity index (χ4v) is 3.26. The van der Waals surface area contributed by atoms with Crippen LogP contribution in [0.3, 0.4) is 0 Å². The van der Waals surface area contributed by atoms with Gasteiger partial charge >= 0.3 is 0 Å². The van der Waals surface area contributed by atoms with Gasteiger partial charge in [0.15, 0.2) is 0 Å². The number of aromatic amines is 1. The van der Waals surface area contributed by atoms with Gasteiger partial charge in [0.05, 0.1) is 24.0 Å². The summed E-state index contributed by atoms with van der Waals surface area (Å²) >= 11 is 0. The van der Waals surface area contributed by atoms with Crippen molar-refractivity contribution < 1.29 is 4.79 Å². The lowest BCUT2D eigenvalue weighted by Crippen LogP contribution is -2.37. The summed E-state index contributed by atoms with van der Waals surface area (Å²) in [6, 6.07) is 1.41. The maximum Gasteiger partial charge on any atom is 0.257 e. The van der Waals surface area contributed by atoms with E-state index < -0.39 is 0 Å². The van der Waals surface area contributed by atoms with Gasteiger partial charge in [-0.1, -0.05) is 0 Å². The van der Waals surface area contributed by atoms with Crippen molar-refractivity contribution in [3.8, 4) is 5.95 Å². The minimum Gasteiger partial charge on any atom is -0.334 e. The molecule has 0 unspecified atom stereocenters. The van der Waals surface area contributed by atoms with Gasteiger partial charge in [0.1, 0.15) is 0 Å². The highest BCUT2D eigenvalue weighted by Gasteiger charge is 2.27. The molecule has 2 aliphatic rings. The molecule has 0 spiro atoms. The maximum absolute atomic E-state index is 12.9. The molecule has 4 heterocycles. The molecule has 8 heteroatoms. The minimum atomic E-state index is -0.248. The van der Waals surface area contributed by atoms with Crippen molar-refractivity contribution in [2.75, 3.05) is 19.6 Å². The lowest BCUT2D eigenvalue weighted by atomic mass is 10.0. The molecule has 8 nitrogen and oxygen atoms in total. The van der Waals surface area contributed by atoms with Gasteiger partial charge < -0.3 is 4.90 Å². The topological polar surface area (TPSA) is 96.2 Å². The second-order valence-corrected chi connectivity index (χ2v) is 6.34. The molecule has 25 heavy (non-hydrogen) atoms. The lowest BCUT2D eigenvalue weighted by Gasteiger charge is -2.27. The number of hydrogen-bond acceptors (Lipinski definition) is 5. The van der Waals surface area contributed by atoms with Crippen molar-refractivity contribution in [1.82, 2.24) is 24.6 Å². The third-order valence-corrected chi connectivity index (χ3v) is 4.60. The van der Waals surface area contributed by atoms with Crippen molar-refractivity contribution in [2.24, 2.45) is 4.99 Å². The highest BCUT2D eigenvalue weighted by atomic mass is 16.2. The monoisotopic (exact) mass is 338 g/mol. The quantitative estimate of drug-likeness (QED) is 0.876. The van der Waals surface area contributed by atoms with Crippen molar-refractivity contribution in [3.63, 3.8) is 0 Å². The van der Waals surface area contributed by atoms with Crippen LogP contribution in [0.4, 0.5) is 0 Å². The number of carbonyl (C=O) groups excluding carboxylic acids is 1. The Hall–Kier alpha value is -3.03. The molecule has 0 saturated heterocycles. The number of amides is 1. The number of hydrogen-bond donors (Lipinski definition) is 1. The summed E-state index contributed by atoms with van der Waals surface area (Å²) in [6.45, 7) is 5.51. The van der Waals surface area contributed by atoms with Crippen LogP contribution in [-0.4, -0.2) is 56.4 Å². The largest absolute Gasteiger partial charge is 0.334 e. The molecule has 0 bridgehead atoms. The van der Waals surface area contributed by atoms with Crippen LogP contribution in [0, 0.1) is 13.8 Å². The number of aryl methyl sites for hydroxylation is 1. The zero-order valence-corrected chi connectivity index (χ0v) is 14.1. The van der Waals surface area contributed by atoms with Crippen molar-refractivity contribution in [3.05, 3.63) is 50.7 Å². The van der Waals surface area contributed by atoms with Crippen molar-refractivity contribution in [1.29, 1.82) is 0 Å². The van der Waals surface area contributed by atoms with Crippen LogP contribution in [0.25, 0.3) is 5.95 Å². The van der Waals surface area contributed by atoms with E-state index in [1.165, 1.54) is 28.1 Å². The van der Waals surface area contributed by atoms with E-state index in [9.17, 15) is 9.59 Å². The minimum absolute atomic E-state index is 0.0581. The van der Waals surface area contributed by atoms with Crippen LogP contribution < -0.4 is 5.56 Å². The Balaban J connectivity index is 1.63. The summed E-state index contributed by atoms with van der Waals surface area (Å²) < 4.78 is 1.49. The molecular weight excluding hydrogens is 320 g/mol. The maximum atomic E-state index is 12.9. The van der Waals surface area contributed by atoms with Gasteiger partial charge in [-0.2, -0.15) is 5.10 Å². The Morgan fingerprint density at radius 1 is 1.32 bits per heavy atom. The molecule has 0 aromatic carbocycles. The van der Waals surface area contributed by atoms with Crippen LogP contribution in [0.2, 0.25) is 0 Å². The molecular formula is C17H18N6O2. The number of carbonyl (C=O) groups is 1. The predicted molar refractivity (Wildman–Crippen MR) is 92.4 cm³/mol. The van der Waals surface area contributed by atoms with Gasteiger partial charge in [-0.25, -0.2) is 9.67 Å². The summed E-state index contributed by atoms with van der Waals surface area (Å²) in [7, 11) is 0. The van der Waals surface area contributed by atoms with Gasteiger partial charge in [0.25, 0.3) is 11.5 Å². The molecule has 0 fully saturated rings. The zero-order chi connectivity index (χ0) is 17.6. The number of rotatable bonds is 2. The molecule has 2 aromatic heterocycles. The SMILES string of the molecule is Cc1cc(=O)[nH]c(-n2ncc(C(=O)N3CCC4=C(CN=C4)C3)c2C)n1. The van der Waals surface area contributed by atoms with Gasteiger partial charge in [-0.05, 0) is 31.4 Å². The molecule has 2 aliphatic heterocycles. The van der Waals surface area contributed by atoms with Crippen LogP contribution in [0.1, 0.15) is 28.2 Å². The first-order valence-electron chi connectivity index (χ1n) is 8.16. The zero-order valence-electron chi connectivity index (χ0n) is 14.1. The summed E-state index contributed by atoms with van der Waals surface area (Å²) in [4.78, 5) is 37.6. The highest BCUT2D eigenvalue weighted by Crippen LogP contribution is 2.23. The van der Waals surface area contributed by atoms with Crippen molar-refractivity contribution >= 4 is 12.1 Å². The molecule has 1 N–H and O–H groups in total. The first-order chi connectivity index (χ1) is 12.0. The average molecular weight is 338 g/mol. The number of H-pyrrole nitrogens is 1. The van der Waals surface area contributed by atoms with Crippen LogP contribution in [-0.2, 0) is 0 Å². The molecule has 2 aromatic rings. The van der Waals surface area contributed by atoms with Gasteiger partial charge in [0.2, 0.25) is 5.95 Å². The Bertz CT molecular complexity index is 981. The lowest BCUT2D eigenvalue weighted by molar-refractivity contribution is 0.0764. The first-order valence-corrected chi connectivity index (χ1v) is 8.16. The summed E-state index contributed by atoms with van der Waals surface area (Å²) in [5.41, 5.74) is 4.00. The fourth-order valence-electron chi connectivity index (χ4n) is 3.26. The van der Waals surface area contributed by atoms with Gasteiger partial charge in [-0.15, -0.1) is 0 Å². The van der Waals surface area contributed by atoms with Crippen molar-refractivity contribution in [2.45, 2.75) is 20.3 Å². The fraction of sp³-hybridized carbons (Fsp3) is 0.353. The number of nitrogens with zero attached hydrogens (tertiary/aromatic N) is 5. The first kappa shape index (κ1) is 15.5. The standard InChI is InChI=1S/C17H18N6O2/c1-10-5-15(24)21-17(20-10)23-11(2)14(8-19-23)16(25)22-4-3-12-6-18-7-13(12)9-22/h5-6,8H,3-4,7,9H2,1-2H3,(H,20,21,24). The average Bonchev–Trinajstić information content (AvgIpc) is 3.18. The third kappa shape index (κ3) is 2.69. The van der Waals surface area contributed by atoms with Crippen LogP contribution in [0.5, 0.6) is 0 Å². The van der Waals surface area contributed by atoms with E-state index in [2.05, 4.69) is 20.1 Å². The number of aliphatic imine (C=N–C) groups is 1. The van der Waals surface area contributed by atoms with E-state index in [1.54, 1.807) is 13.8 Å². The van der Waals surface area contributed by atoms with Gasteiger partial charge in [-0.3, -0.25) is 19.6 Å². The Kier molecular flexibility index (Phi) is 3.60. The third-order valence-electron chi connectivity index (χ3n) is 4.60. The molecule has 1 amide bonds. The van der Waals surface area contributed by atoms with E-state index in [4.69, 9.17) is 0 Å². The Labute approximate surface area is 143 Å². The smallest absolute Gasteiger partial charge is 0.257 e. The predicted octanol–water partition coefficient (Wildman–Crippen LogP) is 0.799. The second-order valence-electron chi connectivity index (χ2n) is 6.34. The second kappa shape index (κ2) is 5.80. The van der Waals surface area contributed by atoms with Crippen LogP contribution >= 0.6 is 0 Å². The normalized spacial score (nSPS) is 16.5. The molecule has 0 aliphatic carbocycles. The molecule has 0 radical (unpaired) electrons. The van der Waals surface area contributed by atoms with E-state index in [0.29, 0.717) is 42.5 Å². The van der Waals surface area contributed by atoms with Gasteiger partial charge in [0, 0.05) is 31.1 Å². The Morgan fingerprint density at radius 2 is 2.16 bits per heavy atom. The van der Waals surface area contributed by atoms with Crippen LogP contribution in [0.15, 0.2) is 33.2 Å². The molecule has 0 saturated carbocycles.